The van der Waals surface area contributed by atoms with E-state index in [0.29, 0.717) is 16.4 Å². The number of ketones is 1. The summed E-state index contributed by atoms with van der Waals surface area (Å²) in [5, 5.41) is 11.2. The molecule has 3 aromatic rings. The topological polar surface area (TPSA) is 70.5 Å². The number of aryl methyl sites for hydroxylation is 2. The van der Waals surface area contributed by atoms with Gasteiger partial charge in [-0.2, -0.15) is 0 Å². The summed E-state index contributed by atoms with van der Waals surface area (Å²) in [5.74, 6) is -3.15. The molecule has 0 radical (unpaired) electrons. The Bertz CT molecular complexity index is 1160. The largest absolute Gasteiger partial charge is 0.507 e. The number of Topliss-reactive ketones (excluding diaryl/α,β-unsaturated/α-hetero) is 1. The van der Waals surface area contributed by atoms with Gasteiger partial charge in [0, 0.05) is 10.4 Å². The fourth-order valence-corrected chi connectivity index (χ4v) is 4.25. The van der Waals surface area contributed by atoms with Crippen LogP contribution in [0.3, 0.4) is 0 Å². The minimum absolute atomic E-state index is 0.163. The highest BCUT2D eigenvalue weighted by atomic mass is 32.1. The Morgan fingerprint density at radius 2 is 1.57 bits per heavy atom. The SMILES string of the molecule is Cc1nc(N2C(=O)C(=O)C(=C(O)c3ccc(F)cc3)[C@@H]2c2ccc(F)cc2)sc1C. The molecule has 5 nitrogen and oxygen atoms in total. The van der Waals surface area contributed by atoms with Crippen LogP contribution in [0.25, 0.3) is 5.76 Å². The molecule has 1 fully saturated rings. The van der Waals surface area contributed by atoms with E-state index in [4.69, 9.17) is 0 Å². The van der Waals surface area contributed by atoms with E-state index in [1.165, 1.54) is 52.6 Å². The van der Waals surface area contributed by atoms with Crippen molar-refractivity contribution in [2.45, 2.75) is 19.9 Å². The number of carbonyl (C=O) groups is 2. The molecule has 2 aromatic carbocycles. The number of halogens is 2. The molecular weight excluding hydrogens is 410 g/mol. The maximum atomic E-state index is 13.5. The highest BCUT2D eigenvalue weighted by Gasteiger charge is 2.48. The zero-order valence-corrected chi connectivity index (χ0v) is 16.8. The average molecular weight is 426 g/mol. The van der Waals surface area contributed by atoms with Gasteiger partial charge in [-0.15, -0.1) is 11.3 Å². The van der Waals surface area contributed by atoms with E-state index in [0.717, 1.165) is 17.0 Å². The van der Waals surface area contributed by atoms with Gasteiger partial charge in [-0.25, -0.2) is 13.8 Å². The van der Waals surface area contributed by atoms with Gasteiger partial charge < -0.3 is 5.11 Å². The van der Waals surface area contributed by atoms with Crippen molar-refractivity contribution in [2.24, 2.45) is 0 Å². The van der Waals surface area contributed by atoms with Crippen molar-refractivity contribution in [1.82, 2.24) is 4.98 Å². The van der Waals surface area contributed by atoms with Crippen LogP contribution in [0.15, 0.2) is 54.1 Å². The van der Waals surface area contributed by atoms with E-state index in [2.05, 4.69) is 4.98 Å². The van der Waals surface area contributed by atoms with Crippen LogP contribution in [0.1, 0.15) is 27.7 Å². The molecule has 1 saturated heterocycles. The first-order valence-corrected chi connectivity index (χ1v) is 9.86. The highest BCUT2D eigenvalue weighted by Crippen LogP contribution is 2.43. The molecule has 8 heteroatoms. The van der Waals surface area contributed by atoms with Crippen LogP contribution < -0.4 is 4.90 Å². The maximum absolute atomic E-state index is 13.5. The summed E-state index contributed by atoms with van der Waals surface area (Å²) in [6.45, 7) is 3.63. The number of aliphatic hydroxyl groups is 1. The number of thiazole rings is 1. The Hall–Kier alpha value is -3.39. The first-order valence-electron chi connectivity index (χ1n) is 9.04. The molecule has 1 aromatic heterocycles. The standard InChI is InChI=1S/C22H16F2N2O3S/c1-11-12(2)30-22(25-11)26-18(13-3-7-15(23)8-4-13)17(20(28)21(26)29)19(27)14-5-9-16(24)10-6-14/h3-10,18,27H,1-2H3/t18-/m0/s1. The molecule has 1 atom stereocenters. The summed E-state index contributed by atoms with van der Waals surface area (Å²) in [5.41, 5.74) is 1.18. The summed E-state index contributed by atoms with van der Waals surface area (Å²) < 4.78 is 26.8. The summed E-state index contributed by atoms with van der Waals surface area (Å²) in [6.07, 6.45) is 0. The van der Waals surface area contributed by atoms with E-state index in [-0.39, 0.29) is 11.1 Å². The van der Waals surface area contributed by atoms with Crippen molar-refractivity contribution in [1.29, 1.82) is 0 Å². The number of nitrogens with zero attached hydrogens (tertiary/aromatic N) is 2. The molecule has 4 rings (SSSR count). The number of anilines is 1. The monoisotopic (exact) mass is 426 g/mol. The van der Waals surface area contributed by atoms with E-state index in [1.807, 2.05) is 6.92 Å². The minimum Gasteiger partial charge on any atom is -0.507 e. The molecule has 2 heterocycles. The number of benzene rings is 2. The Balaban J connectivity index is 1.94. The third-order valence-electron chi connectivity index (χ3n) is 4.97. The summed E-state index contributed by atoms with van der Waals surface area (Å²) >= 11 is 1.24. The van der Waals surface area contributed by atoms with Gasteiger partial charge in [0.05, 0.1) is 17.3 Å². The summed E-state index contributed by atoms with van der Waals surface area (Å²) in [4.78, 5) is 32.4. The zero-order chi connectivity index (χ0) is 21.6. The maximum Gasteiger partial charge on any atom is 0.301 e. The predicted octanol–water partition coefficient (Wildman–Crippen LogP) is 4.66. The lowest BCUT2D eigenvalue weighted by Crippen LogP contribution is -2.29. The zero-order valence-electron chi connectivity index (χ0n) is 16.0. The van der Waals surface area contributed by atoms with E-state index in [9.17, 15) is 23.5 Å². The molecule has 1 aliphatic heterocycles. The Labute approximate surface area is 174 Å². The van der Waals surface area contributed by atoms with Crippen molar-refractivity contribution >= 4 is 33.9 Å². The van der Waals surface area contributed by atoms with E-state index in [1.54, 1.807) is 6.92 Å². The number of hydrogen-bond donors (Lipinski definition) is 1. The first-order chi connectivity index (χ1) is 14.3. The molecule has 0 saturated carbocycles. The Morgan fingerprint density at radius 1 is 1.00 bits per heavy atom. The second kappa shape index (κ2) is 7.46. The van der Waals surface area contributed by atoms with Crippen LogP contribution in [-0.4, -0.2) is 21.8 Å². The minimum atomic E-state index is -0.999. The number of carbonyl (C=O) groups excluding carboxylic acids is 2. The Morgan fingerprint density at radius 3 is 2.10 bits per heavy atom. The van der Waals surface area contributed by atoms with E-state index >= 15 is 0 Å². The molecule has 0 aliphatic carbocycles. The third-order valence-corrected chi connectivity index (χ3v) is 6.04. The molecule has 0 bridgehead atoms. The second-order valence-corrected chi connectivity index (χ2v) is 8.05. The van der Waals surface area contributed by atoms with Gasteiger partial charge in [0.15, 0.2) is 5.13 Å². The molecule has 152 valence electrons. The summed E-state index contributed by atoms with van der Waals surface area (Å²) in [7, 11) is 0. The quantitative estimate of drug-likeness (QED) is 0.376. The third kappa shape index (κ3) is 3.29. The van der Waals surface area contributed by atoms with Crippen LogP contribution >= 0.6 is 11.3 Å². The lowest BCUT2D eigenvalue weighted by molar-refractivity contribution is -0.132. The average Bonchev–Trinajstić information content (AvgIpc) is 3.18. The fourth-order valence-electron chi connectivity index (χ4n) is 3.31. The fraction of sp³-hybridized carbons (Fsp3) is 0.136. The number of rotatable bonds is 3. The van der Waals surface area contributed by atoms with Gasteiger partial charge in [-0.1, -0.05) is 12.1 Å². The first kappa shape index (κ1) is 19.9. The Kier molecular flexibility index (Phi) is 4.95. The molecule has 0 unspecified atom stereocenters. The van der Waals surface area contributed by atoms with Crippen molar-refractivity contribution in [2.75, 3.05) is 4.90 Å². The normalized spacial score (nSPS) is 18.3. The van der Waals surface area contributed by atoms with Crippen LogP contribution in [-0.2, 0) is 9.59 Å². The molecule has 1 N–H and O–H groups in total. The van der Waals surface area contributed by atoms with Gasteiger partial charge in [-0.3, -0.25) is 14.5 Å². The lowest BCUT2D eigenvalue weighted by atomic mass is 9.95. The van der Waals surface area contributed by atoms with Crippen molar-refractivity contribution in [3.63, 3.8) is 0 Å². The van der Waals surface area contributed by atoms with Gasteiger partial charge >= 0.3 is 5.91 Å². The van der Waals surface area contributed by atoms with E-state index < -0.39 is 35.1 Å². The van der Waals surface area contributed by atoms with Gasteiger partial charge in [0.2, 0.25) is 0 Å². The highest BCUT2D eigenvalue weighted by molar-refractivity contribution is 7.16. The van der Waals surface area contributed by atoms with Gasteiger partial charge in [-0.05, 0) is 55.8 Å². The smallest absolute Gasteiger partial charge is 0.301 e. The predicted molar refractivity (Wildman–Crippen MR) is 109 cm³/mol. The van der Waals surface area contributed by atoms with Gasteiger partial charge in [0.25, 0.3) is 5.78 Å². The van der Waals surface area contributed by atoms with Crippen molar-refractivity contribution < 1.29 is 23.5 Å². The van der Waals surface area contributed by atoms with Crippen LogP contribution in [0.5, 0.6) is 0 Å². The number of hydrogen-bond acceptors (Lipinski definition) is 5. The molecule has 0 spiro atoms. The lowest BCUT2D eigenvalue weighted by Gasteiger charge is -2.23. The van der Waals surface area contributed by atoms with Crippen LogP contribution in [0.2, 0.25) is 0 Å². The molecule has 1 aliphatic rings. The summed E-state index contributed by atoms with van der Waals surface area (Å²) in [6, 6.07) is 9.25. The van der Waals surface area contributed by atoms with Crippen molar-refractivity contribution in [3.8, 4) is 0 Å². The van der Waals surface area contributed by atoms with Crippen LogP contribution in [0.4, 0.5) is 13.9 Å². The van der Waals surface area contributed by atoms with Crippen molar-refractivity contribution in [3.05, 3.63) is 87.4 Å². The molecule has 30 heavy (non-hydrogen) atoms. The number of aromatic nitrogens is 1. The second-order valence-electron chi connectivity index (χ2n) is 6.87. The van der Waals surface area contributed by atoms with Crippen LogP contribution in [0, 0.1) is 25.5 Å². The molecular formula is C22H16F2N2O3S. The molecule has 1 amide bonds. The number of aliphatic hydroxyl groups excluding tert-OH is 1. The van der Waals surface area contributed by atoms with Gasteiger partial charge in [0.1, 0.15) is 17.4 Å². The number of amides is 1.